The number of rotatable bonds is 2. The van der Waals surface area contributed by atoms with Gasteiger partial charge in [-0.1, -0.05) is 24.3 Å². The SMILES string of the molecule is COc1ccc(-c2c(C)cnc3c(F)cccc23)cc1. The highest BCUT2D eigenvalue weighted by Crippen LogP contribution is 2.32. The Balaban J connectivity index is 2.28. The molecule has 0 atom stereocenters. The van der Waals surface area contributed by atoms with Crippen LogP contribution in [0.5, 0.6) is 5.75 Å². The number of aromatic nitrogens is 1. The average molecular weight is 267 g/mol. The van der Waals surface area contributed by atoms with E-state index in [2.05, 4.69) is 4.98 Å². The van der Waals surface area contributed by atoms with Crippen molar-refractivity contribution in [3.05, 3.63) is 60.0 Å². The summed E-state index contributed by atoms with van der Waals surface area (Å²) in [6.45, 7) is 1.98. The van der Waals surface area contributed by atoms with E-state index in [1.54, 1.807) is 19.4 Å². The van der Waals surface area contributed by atoms with E-state index in [0.29, 0.717) is 5.52 Å². The number of pyridine rings is 1. The van der Waals surface area contributed by atoms with E-state index in [1.165, 1.54) is 6.07 Å². The van der Waals surface area contributed by atoms with Crippen molar-refractivity contribution in [1.82, 2.24) is 4.98 Å². The maximum atomic E-state index is 13.8. The summed E-state index contributed by atoms with van der Waals surface area (Å²) in [5, 5.41) is 0.829. The summed E-state index contributed by atoms with van der Waals surface area (Å²) in [7, 11) is 1.64. The Morgan fingerprint density at radius 3 is 2.50 bits per heavy atom. The van der Waals surface area contributed by atoms with E-state index < -0.39 is 0 Å². The Morgan fingerprint density at radius 1 is 1.05 bits per heavy atom. The molecule has 0 radical (unpaired) electrons. The van der Waals surface area contributed by atoms with Gasteiger partial charge >= 0.3 is 0 Å². The molecule has 3 rings (SSSR count). The Labute approximate surface area is 116 Å². The van der Waals surface area contributed by atoms with Gasteiger partial charge in [-0.25, -0.2) is 4.39 Å². The lowest BCUT2D eigenvalue weighted by Crippen LogP contribution is -1.92. The number of hydrogen-bond donors (Lipinski definition) is 0. The van der Waals surface area contributed by atoms with Gasteiger partial charge in [-0.05, 0) is 41.8 Å². The summed E-state index contributed by atoms with van der Waals surface area (Å²) in [6.07, 6.45) is 1.71. The molecular weight excluding hydrogens is 253 g/mol. The first-order chi connectivity index (χ1) is 9.70. The van der Waals surface area contributed by atoms with Gasteiger partial charge in [-0.2, -0.15) is 0 Å². The van der Waals surface area contributed by atoms with Crippen molar-refractivity contribution in [3.63, 3.8) is 0 Å². The van der Waals surface area contributed by atoms with Crippen molar-refractivity contribution in [2.45, 2.75) is 6.92 Å². The number of fused-ring (bicyclic) bond motifs is 1. The highest BCUT2D eigenvalue weighted by atomic mass is 19.1. The first kappa shape index (κ1) is 12.6. The molecule has 2 aromatic carbocycles. The molecule has 100 valence electrons. The molecule has 2 nitrogen and oxygen atoms in total. The number of benzene rings is 2. The fourth-order valence-electron chi connectivity index (χ4n) is 2.43. The van der Waals surface area contributed by atoms with Crippen LogP contribution in [0.2, 0.25) is 0 Å². The van der Waals surface area contributed by atoms with Crippen molar-refractivity contribution in [2.75, 3.05) is 7.11 Å². The predicted molar refractivity (Wildman–Crippen MR) is 78.4 cm³/mol. The third-order valence-corrected chi connectivity index (χ3v) is 3.42. The van der Waals surface area contributed by atoms with Crippen LogP contribution in [0.3, 0.4) is 0 Å². The summed E-state index contributed by atoms with van der Waals surface area (Å²) < 4.78 is 19.0. The molecule has 3 heteroatoms. The van der Waals surface area contributed by atoms with Crippen molar-refractivity contribution >= 4 is 10.9 Å². The lowest BCUT2D eigenvalue weighted by molar-refractivity contribution is 0.415. The van der Waals surface area contributed by atoms with E-state index in [9.17, 15) is 4.39 Å². The van der Waals surface area contributed by atoms with Gasteiger partial charge in [0, 0.05) is 11.6 Å². The maximum absolute atomic E-state index is 13.8. The van der Waals surface area contributed by atoms with E-state index in [4.69, 9.17) is 4.74 Å². The van der Waals surface area contributed by atoms with Crippen molar-refractivity contribution in [3.8, 4) is 16.9 Å². The lowest BCUT2D eigenvalue weighted by Gasteiger charge is -2.11. The third-order valence-electron chi connectivity index (χ3n) is 3.42. The van der Waals surface area contributed by atoms with E-state index >= 15 is 0 Å². The molecule has 1 heterocycles. The largest absolute Gasteiger partial charge is 0.497 e. The summed E-state index contributed by atoms with van der Waals surface area (Å²) in [5.41, 5.74) is 3.47. The molecule has 0 spiro atoms. The van der Waals surface area contributed by atoms with Crippen LogP contribution in [0.15, 0.2) is 48.7 Å². The monoisotopic (exact) mass is 267 g/mol. The highest BCUT2D eigenvalue weighted by Gasteiger charge is 2.11. The zero-order chi connectivity index (χ0) is 14.1. The first-order valence-corrected chi connectivity index (χ1v) is 6.39. The van der Waals surface area contributed by atoms with Gasteiger partial charge in [0.05, 0.1) is 7.11 Å². The fourth-order valence-corrected chi connectivity index (χ4v) is 2.43. The molecule has 0 bridgehead atoms. The minimum absolute atomic E-state index is 0.294. The number of nitrogens with zero attached hydrogens (tertiary/aromatic N) is 1. The van der Waals surface area contributed by atoms with Gasteiger partial charge in [0.2, 0.25) is 0 Å². The molecule has 0 aliphatic carbocycles. The van der Waals surface area contributed by atoms with Gasteiger partial charge in [-0.3, -0.25) is 4.98 Å². The van der Waals surface area contributed by atoms with Gasteiger partial charge in [0.15, 0.2) is 0 Å². The van der Waals surface area contributed by atoms with E-state index in [0.717, 1.165) is 27.8 Å². The number of ether oxygens (including phenoxy) is 1. The van der Waals surface area contributed by atoms with E-state index in [-0.39, 0.29) is 5.82 Å². The van der Waals surface area contributed by atoms with Crippen LogP contribution in [0.4, 0.5) is 4.39 Å². The van der Waals surface area contributed by atoms with Gasteiger partial charge in [0.25, 0.3) is 0 Å². The number of halogens is 1. The minimum atomic E-state index is -0.294. The van der Waals surface area contributed by atoms with Crippen LogP contribution in [-0.4, -0.2) is 12.1 Å². The summed E-state index contributed by atoms with van der Waals surface area (Å²) in [5.74, 6) is 0.508. The second kappa shape index (κ2) is 4.93. The highest BCUT2D eigenvalue weighted by molar-refractivity contribution is 5.96. The molecule has 0 saturated heterocycles. The van der Waals surface area contributed by atoms with Crippen LogP contribution >= 0.6 is 0 Å². The Kier molecular flexibility index (Phi) is 3.11. The smallest absolute Gasteiger partial charge is 0.149 e. The molecule has 0 saturated carbocycles. The van der Waals surface area contributed by atoms with Crippen LogP contribution in [0.1, 0.15) is 5.56 Å². The Bertz CT molecular complexity index is 766. The summed E-state index contributed by atoms with van der Waals surface area (Å²) >= 11 is 0. The minimum Gasteiger partial charge on any atom is -0.497 e. The van der Waals surface area contributed by atoms with Crippen LogP contribution in [0.25, 0.3) is 22.0 Å². The average Bonchev–Trinajstić information content (AvgIpc) is 2.48. The number of para-hydroxylation sites is 1. The van der Waals surface area contributed by atoms with Gasteiger partial charge in [-0.15, -0.1) is 0 Å². The molecular formula is C17H14FNO. The maximum Gasteiger partial charge on any atom is 0.149 e. The predicted octanol–water partition coefficient (Wildman–Crippen LogP) is 4.36. The molecule has 0 N–H and O–H groups in total. The zero-order valence-electron chi connectivity index (χ0n) is 11.4. The zero-order valence-corrected chi connectivity index (χ0v) is 11.4. The molecule has 0 aliphatic rings. The van der Waals surface area contributed by atoms with E-state index in [1.807, 2.05) is 37.3 Å². The second-order valence-electron chi connectivity index (χ2n) is 4.68. The third kappa shape index (κ3) is 2.01. The molecule has 0 amide bonds. The first-order valence-electron chi connectivity index (χ1n) is 6.39. The van der Waals surface area contributed by atoms with Crippen LogP contribution < -0.4 is 4.74 Å². The van der Waals surface area contributed by atoms with Crippen molar-refractivity contribution in [2.24, 2.45) is 0 Å². The molecule has 3 aromatic rings. The number of methoxy groups -OCH3 is 1. The molecule has 0 fully saturated rings. The van der Waals surface area contributed by atoms with Crippen molar-refractivity contribution < 1.29 is 9.13 Å². The molecule has 0 aliphatic heterocycles. The Hall–Kier alpha value is -2.42. The van der Waals surface area contributed by atoms with Crippen molar-refractivity contribution in [1.29, 1.82) is 0 Å². The Morgan fingerprint density at radius 2 is 1.80 bits per heavy atom. The van der Waals surface area contributed by atoms with Gasteiger partial charge in [0.1, 0.15) is 17.1 Å². The molecule has 0 unspecified atom stereocenters. The standard InChI is InChI=1S/C17H14FNO/c1-11-10-19-17-14(4-3-5-15(17)18)16(11)12-6-8-13(20-2)9-7-12/h3-10H,1-2H3. The quantitative estimate of drug-likeness (QED) is 0.688. The summed E-state index contributed by atoms with van der Waals surface area (Å²) in [6, 6.07) is 12.8. The van der Waals surface area contributed by atoms with Gasteiger partial charge < -0.3 is 4.74 Å². The number of aryl methyl sites for hydroxylation is 1. The van der Waals surface area contributed by atoms with Crippen LogP contribution in [0, 0.1) is 12.7 Å². The fraction of sp³-hybridized carbons (Fsp3) is 0.118. The molecule has 20 heavy (non-hydrogen) atoms. The topological polar surface area (TPSA) is 22.1 Å². The normalized spacial score (nSPS) is 10.8. The summed E-state index contributed by atoms with van der Waals surface area (Å²) in [4.78, 5) is 4.20. The number of hydrogen-bond acceptors (Lipinski definition) is 2. The second-order valence-corrected chi connectivity index (χ2v) is 4.68. The lowest BCUT2D eigenvalue weighted by atomic mass is 9.97. The molecule has 1 aromatic heterocycles. The van der Waals surface area contributed by atoms with Crippen LogP contribution in [-0.2, 0) is 0 Å².